The quantitative estimate of drug-likeness (QED) is 0.889. The largest absolute Gasteiger partial charge is 0.351 e. The molecule has 0 saturated heterocycles. The Labute approximate surface area is 130 Å². The first-order chi connectivity index (χ1) is 10.5. The van der Waals surface area contributed by atoms with E-state index in [-0.39, 0.29) is 11.7 Å². The number of carbonyl (C=O) groups excluding carboxylic acids is 1. The highest BCUT2D eigenvalue weighted by Crippen LogP contribution is 2.09. The van der Waals surface area contributed by atoms with Crippen LogP contribution in [0.1, 0.15) is 16.7 Å². The maximum absolute atomic E-state index is 13.2. The van der Waals surface area contributed by atoms with Crippen LogP contribution >= 0.6 is 0 Å². The lowest BCUT2D eigenvalue weighted by atomic mass is 10.1. The number of amides is 1. The van der Waals surface area contributed by atoms with E-state index in [1.165, 1.54) is 11.6 Å². The van der Waals surface area contributed by atoms with Gasteiger partial charge < -0.3 is 5.32 Å². The predicted octanol–water partition coefficient (Wildman–Crippen LogP) is 2.88. The van der Waals surface area contributed by atoms with E-state index in [1.54, 1.807) is 19.1 Å². The summed E-state index contributed by atoms with van der Waals surface area (Å²) in [4.78, 5) is 13.9. The normalized spacial score (nSPS) is 10.7. The number of benzene rings is 2. The molecule has 116 valence electrons. The Bertz CT molecular complexity index is 628. The third kappa shape index (κ3) is 4.97. The van der Waals surface area contributed by atoms with Crippen molar-refractivity contribution in [3.05, 3.63) is 71.0 Å². The fourth-order valence-electron chi connectivity index (χ4n) is 2.27. The van der Waals surface area contributed by atoms with E-state index in [2.05, 4.69) is 5.32 Å². The van der Waals surface area contributed by atoms with Gasteiger partial charge >= 0.3 is 0 Å². The fraction of sp³-hybridized carbons (Fsp3) is 0.278. The van der Waals surface area contributed by atoms with E-state index in [1.807, 2.05) is 42.3 Å². The smallest absolute Gasteiger partial charge is 0.234 e. The molecule has 3 nitrogen and oxygen atoms in total. The third-order valence-corrected chi connectivity index (χ3v) is 3.42. The van der Waals surface area contributed by atoms with Crippen LogP contribution in [-0.4, -0.2) is 24.4 Å². The number of nitrogens with one attached hydrogen (secondary N) is 1. The van der Waals surface area contributed by atoms with Gasteiger partial charge in [0.05, 0.1) is 6.54 Å². The lowest BCUT2D eigenvalue weighted by Gasteiger charge is -2.16. The number of hydrogen-bond donors (Lipinski definition) is 1. The van der Waals surface area contributed by atoms with Crippen molar-refractivity contribution in [3.63, 3.8) is 0 Å². The van der Waals surface area contributed by atoms with Gasteiger partial charge in [0.25, 0.3) is 0 Å². The minimum absolute atomic E-state index is 0.0413. The molecule has 0 aliphatic heterocycles. The third-order valence-electron chi connectivity index (χ3n) is 3.42. The van der Waals surface area contributed by atoms with Gasteiger partial charge in [0.2, 0.25) is 5.91 Å². The summed E-state index contributed by atoms with van der Waals surface area (Å²) in [6, 6.07) is 14.9. The zero-order chi connectivity index (χ0) is 15.9. The van der Waals surface area contributed by atoms with Crippen LogP contribution in [0, 0.1) is 12.7 Å². The summed E-state index contributed by atoms with van der Waals surface area (Å²) in [5, 5.41) is 2.86. The van der Waals surface area contributed by atoms with Crippen LogP contribution in [-0.2, 0) is 17.9 Å². The number of hydrogen-bond acceptors (Lipinski definition) is 2. The van der Waals surface area contributed by atoms with E-state index in [0.717, 1.165) is 12.1 Å². The molecule has 22 heavy (non-hydrogen) atoms. The molecule has 0 atom stereocenters. The van der Waals surface area contributed by atoms with Crippen molar-refractivity contribution >= 4 is 5.91 Å². The van der Waals surface area contributed by atoms with Crippen LogP contribution in [0.5, 0.6) is 0 Å². The van der Waals surface area contributed by atoms with Crippen LogP contribution in [0.2, 0.25) is 0 Å². The summed E-state index contributed by atoms with van der Waals surface area (Å²) >= 11 is 0. The monoisotopic (exact) mass is 300 g/mol. The molecular formula is C18H21FN2O. The Morgan fingerprint density at radius 2 is 1.86 bits per heavy atom. The van der Waals surface area contributed by atoms with Crippen molar-refractivity contribution in [3.8, 4) is 0 Å². The Balaban J connectivity index is 1.78. The molecule has 0 aliphatic carbocycles. The Morgan fingerprint density at radius 1 is 1.14 bits per heavy atom. The number of rotatable bonds is 6. The second-order valence-corrected chi connectivity index (χ2v) is 5.52. The van der Waals surface area contributed by atoms with Crippen LogP contribution < -0.4 is 5.32 Å². The van der Waals surface area contributed by atoms with Gasteiger partial charge in [-0.15, -0.1) is 0 Å². The predicted molar refractivity (Wildman–Crippen MR) is 85.8 cm³/mol. The van der Waals surface area contributed by atoms with Crippen molar-refractivity contribution in [1.29, 1.82) is 0 Å². The molecule has 2 rings (SSSR count). The van der Waals surface area contributed by atoms with Crippen molar-refractivity contribution in [2.75, 3.05) is 13.6 Å². The van der Waals surface area contributed by atoms with Crippen molar-refractivity contribution < 1.29 is 9.18 Å². The lowest BCUT2D eigenvalue weighted by Crippen LogP contribution is -2.34. The van der Waals surface area contributed by atoms with Crippen molar-refractivity contribution in [2.45, 2.75) is 20.0 Å². The molecule has 0 heterocycles. The molecule has 0 aromatic heterocycles. The second kappa shape index (κ2) is 7.71. The molecule has 0 radical (unpaired) electrons. The summed E-state index contributed by atoms with van der Waals surface area (Å²) in [6.07, 6.45) is 0. The van der Waals surface area contributed by atoms with E-state index in [9.17, 15) is 9.18 Å². The minimum atomic E-state index is -0.224. The van der Waals surface area contributed by atoms with Gasteiger partial charge in [0.15, 0.2) is 0 Å². The fourth-order valence-corrected chi connectivity index (χ4v) is 2.27. The average Bonchev–Trinajstić information content (AvgIpc) is 2.49. The van der Waals surface area contributed by atoms with Gasteiger partial charge in [-0.05, 0) is 36.7 Å². The SMILES string of the molecule is Cc1cc(CNC(=O)CN(C)Cc2ccccc2)ccc1F. The van der Waals surface area contributed by atoms with Gasteiger partial charge in [-0.3, -0.25) is 9.69 Å². The molecule has 2 aromatic rings. The first-order valence-corrected chi connectivity index (χ1v) is 7.29. The van der Waals surface area contributed by atoms with Crippen molar-refractivity contribution in [1.82, 2.24) is 10.2 Å². The first-order valence-electron chi connectivity index (χ1n) is 7.29. The number of carbonyl (C=O) groups is 1. The zero-order valence-electron chi connectivity index (χ0n) is 13.0. The van der Waals surface area contributed by atoms with Gasteiger partial charge in [-0.25, -0.2) is 4.39 Å². The molecule has 1 amide bonds. The van der Waals surface area contributed by atoms with E-state index < -0.39 is 0 Å². The van der Waals surface area contributed by atoms with Gasteiger partial charge in [-0.2, -0.15) is 0 Å². The number of likely N-dealkylation sites (N-methyl/N-ethyl adjacent to an activating group) is 1. The molecule has 0 bridgehead atoms. The number of halogens is 1. The molecule has 0 aliphatic rings. The summed E-state index contributed by atoms with van der Waals surface area (Å²) in [7, 11) is 1.91. The molecule has 0 saturated carbocycles. The van der Waals surface area contributed by atoms with Gasteiger partial charge in [0, 0.05) is 13.1 Å². The number of aryl methyl sites for hydroxylation is 1. The van der Waals surface area contributed by atoms with Crippen molar-refractivity contribution in [2.24, 2.45) is 0 Å². The molecule has 2 aromatic carbocycles. The summed E-state index contributed by atoms with van der Waals surface area (Å²) in [5.74, 6) is -0.266. The van der Waals surface area contributed by atoms with Crippen LogP contribution in [0.15, 0.2) is 48.5 Å². The Hall–Kier alpha value is -2.20. The molecular weight excluding hydrogens is 279 g/mol. The van der Waals surface area contributed by atoms with E-state index in [4.69, 9.17) is 0 Å². The zero-order valence-corrected chi connectivity index (χ0v) is 13.0. The molecule has 0 unspecified atom stereocenters. The highest BCUT2D eigenvalue weighted by molar-refractivity contribution is 5.77. The van der Waals surface area contributed by atoms with Crippen LogP contribution in [0.4, 0.5) is 4.39 Å². The van der Waals surface area contributed by atoms with E-state index >= 15 is 0 Å². The average molecular weight is 300 g/mol. The Morgan fingerprint density at radius 3 is 2.55 bits per heavy atom. The van der Waals surface area contributed by atoms with Gasteiger partial charge in [-0.1, -0.05) is 42.5 Å². The summed E-state index contributed by atoms with van der Waals surface area (Å²) in [5.41, 5.74) is 2.66. The van der Waals surface area contributed by atoms with Crippen LogP contribution in [0.25, 0.3) is 0 Å². The van der Waals surface area contributed by atoms with E-state index in [0.29, 0.717) is 18.7 Å². The first kappa shape index (κ1) is 16.2. The summed E-state index contributed by atoms with van der Waals surface area (Å²) in [6.45, 7) is 3.19. The standard InChI is InChI=1S/C18H21FN2O/c1-14-10-16(8-9-17(14)19)11-20-18(22)13-21(2)12-15-6-4-3-5-7-15/h3-10H,11-13H2,1-2H3,(H,20,22). The minimum Gasteiger partial charge on any atom is -0.351 e. The summed E-state index contributed by atoms with van der Waals surface area (Å²) < 4.78 is 13.2. The van der Waals surface area contributed by atoms with Crippen LogP contribution in [0.3, 0.4) is 0 Å². The maximum atomic E-state index is 13.2. The topological polar surface area (TPSA) is 32.3 Å². The molecule has 0 fully saturated rings. The lowest BCUT2D eigenvalue weighted by molar-refractivity contribution is -0.122. The maximum Gasteiger partial charge on any atom is 0.234 e. The Kier molecular flexibility index (Phi) is 5.67. The number of nitrogens with zero attached hydrogens (tertiary/aromatic N) is 1. The van der Waals surface area contributed by atoms with Gasteiger partial charge in [0.1, 0.15) is 5.82 Å². The highest BCUT2D eigenvalue weighted by atomic mass is 19.1. The second-order valence-electron chi connectivity index (χ2n) is 5.52. The highest BCUT2D eigenvalue weighted by Gasteiger charge is 2.07. The molecule has 1 N–H and O–H groups in total. The molecule has 0 spiro atoms. The molecule has 4 heteroatoms.